The van der Waals surface area contributed by atoms with E-state index in [1.54, 1.807) is 19.2 Å². The Bertz CT molecular complexity index is 598. The Labute approximate surface area is 109 Å². The molecule has 0 radical (unpaired) electrons. The van der Waals surface area contributed by atoms with Crippen molar-refractivity contribution in [3.8, 4) is 5.75 Å². The zero-order chi connectivity index (χ0) is 13.0. The van der Waals surface area contributed by atoms with Crippen LogP contribution in [-0.4, -0.2) is 17.1 Å². The van der Waals surface area contributed by atoms with Gasteiger partial charge in [-0.1, -0.05) is 17.7 Å². The highest BCUT2D eigenvalue weighted by atomic mass is 35.5. The highest BCUT2D eigenvalue weighted by molar-refractivity contribution is 6.32. The highest BCUT2D eigenvalue weighted by Crippen LogP contribution is 2.25. The molecule has 0 bridgehead atoms. The summed E-state index contributed by atoms with van der Waals surface area (Å²) in [5, 5.41) is 3.63. The second-order valence-electron chi connectivity index (χ2n) is 3.61. The number of hydrogen-bond donors (Lipinski definition) is 2. The lowest BCUT2D eigenvalue weighted by Crippen LogP contribution is -2.12. The van der Waals surface area contributed by atoms with Crippen molar-refractivity contribution in [2.45, 2.75) is 6.54 Å². The lowest BCUT2D eigenvalue weighted by atomic mass is 10.2. The summed E-state index contributed by atoms with van der Waals surface area (Å²) in [5.41, 5.74) is 0.603. The number of aromatic nitrogens is 2. The van der Waals surface area contributed by atoms with E-state index in [-0.39, 0.29) is 5.69 Å². The van der Waals surface area contributed by atoms with E-state index < -0.39 is 0 Å². The molecule has 2 rings (SSSR count). The number of methoxy groups -OCH3 is 1. The maximum Gasteiger partial charge on any atom is 0.346 e. The van der Waals surface area contributed by atoms with Gasteiger partial charge in [-0.15, -0.1) is 0 Å². The van der Waals surface area contributed by atoms with Crippen molar-refractivity contribution in [3.63, 3.8) is 0 Å². The van der Waals surface area contributed by atoms with E-state index in [9.17, 15) is 4.79 Å². The first-order valence-electron chi connectivity index (χ1n) is 5.30. The smallest absolute Gasteiger partial charge is 0.346 e. The lowest BCUT2D eigenvalue weighted by molar-refractivity contribution is 0.415. The summed E-state index contributed by atoms with van der Waals surface area (Å²) < 4.78 is 5.07. The summed E-state index contributed by atoms with van der Waals surface area (Å²) in [5.74, 6) is 1.25. The van der Waals surface area contributed by atoms with E-state index in [1.165, 1.54) is 6.20 Å². The number of hydrogen-bond acceptors (Lipinski definition) is 4. The molecule has 0 aliphatic carbocycles. The number of aromatic amines is 1. The van der Waals surface area contributed by atoms with Gasteiger partial charge in [-0.25, -0.2) is 9.78 Å². The summed E-state index contributed by atoms with van der Waals surface area (Å²) in [6, 6.07) is 7.20. The fraction of sp³-hybridized carbons (Fsp3) is 0.167. The first-order valence-corrected chi connectivity index (χ1v) is 5.68. The Morgan fingerprint density at radius 3 is 2.94 bits per heavy atom. The minimum absolute atomic E-state index is 0.382. The van der Waals surface area contributed by atoms with Crippen molar-refractivity contribution in [2.24, 2.45) is 0 Å². The minimum Gasteiger partial charge on any atom is -0.495 e. The molecule has 0 saturated heterocycles. The Hall–Kier alpha value is -2.01. The van der Waals surface area contributed by atoms with Crippen LogP contribution in [0.2, 0.25) is 5.02 Å². The first-order chi connectivity index (χ1) is 8.69. The molecule has 0 fully saturated rings. The predicted octanol–water partition coefficient (Wildman–Crippen LogP) is 2.04. The molecular weight excluding hydrogens is 254 g/mol. The molecule has 0 aliphatic rings. The third-order valence-electron chi connectivity index (χ3n) is 2.37. The first kappa shape index (κ1) is 12.4. The third kappa shape index (κ3) is 3.01. The van der Waals surface area contributed by atoms with Crippen molar-refractivity contribution < 1.29 is 4.74 Å². The number of ether oxygens (including phenoxy) is 1. The second-order valence-corrected chi connectivity index (χ2v) is 4.02. The Morgan fingerprint density at radius 1 is 1.44 bits per heavy atom. The van der Waals surface area contributed by atoms with E-state index >= 15 is 0 Å². The van der Waals surface area contributed by atoms with Gasteiger partial charge in [0, 0.05) is 12.7 Å². The summed E-state index contributed by atoms with van der Waals surface area (Å²) >= 11 is 6.02. The normalized spacial score (nSPS) is 10.1. The topological polar surface area (TPSA) is 67.0 Å². The van der Waals surface area contributed by atoms with Gasteiger partial charge >= 0.3 is 5.69 Å². The second kappa shape index (κ2) is 5.55. The van der Waals surface area contributed by atoms with Crippen LogP contribution in [0.3, 0.4) is 0 Å². The van der Waals surface area contributed by atoms with E-state index in [4.69, 9.17) is 16.3 Å². The van der Waals surface area contributed by atoms with Crippen LogP contribution in [0.1, 0.15) is 5.56 Å². The van der Waals surface area contributed by atoms with Crippen LogP contribution in [-0.2, 0) is 6.54 Å². The minimum atomic E-state index is -0.382. The van der Waals surface area contributed by atoms with Gasteiger partial charge in [0.25, 0.3) is 0 Å². The largest absolute Gasteiger partial charge is 0.495 e. The quantitative estimate of drug-likeness (QED) is 0.888. The van der Waals surface area contributed by atoms with Crippen molar-refractivity contribution >= 4 is 17.4 Å². The molecule has 5 nitrogen and oxygen atoms in total. The summed E-state index contributed by atoms with van der Waals surface area (Å²) in [6.45, 7) is 0.545. The average molecular weight is 266 g/mol. The molecule has 1 heterocycles. The van der Waals surface area contributed by atoms with Gasteiger partial charge in [0.1, 0.15) is 11.6 Å². The van der Waals surface area contributed by atoms with Gasteiger partial charge in [0.05, 0.1) is 12.1 Å². The van der Waals surface area contributed by atoms with Gasteiger partial charge in [0.2, 0.25) is 0 Å². The van der Waals surface area contributed by atoms with Crippen LogP contribution in [0, 0.1) is 0 Å². The molecule has 2 aromatic rings. The molecule has 0 atom stereocenters. The summed E-state index contributed by atoms with van der Waals surface area (Å²) in [7, 11) is 1.57. The molecule has 18 heavy (non-hydrogen) atoms. The van der Waals surface area contributed by atoms with Crippen LogP contribution in [0.15, 0.2) is 35.3 Å². The molecule has 0 saturated carbocycles. The number of rotatable bonds is 4. The fourth-order valence-electron chi connectivity index (χ4n) is 1.49. The standard InChI is InChI=1S/C12H12ClN3O2/c1-18-10-3-2-8(6-9(10)13)7-15-11-4-5-14-12(17)16-11/h2-6H,7H2,1H3,(H2,14,15,16,17). The van der Waals surface area contributed by atoms with Gasteiger partial charge in [0.15, 0.2) is 0 Å². The lowest BCUT2D eigenvalue weighted by Gasteiger charge is -2.08. The summed E-state index contributed by atoms with van der Waals surface area (Å²) in [6.07, 6.45) is 1.45. The van der Waals surface area contributed by atoms with Gasteiger partial charge in [-0.05, 0) is 23.8 Å². The number of anilines is 1. The molecular formula is C12H12ClN3O2. The van der Waals surface area contributed by atoms with Gasteiger partial charge in [-0.3, -0.25) is 4.98 Å². The van der Waals surface area contributed by atoms with Gasteiger partial charge in [-0.2, -0.15) is 0 Å². The van der Waals surface area contributed by atoms with Crippen LogP contribution < -0.4 is 15.7 Å². The number of halogens is 1. The maximum absolute atomic E-state index is 11.0. The van der Waals surface area contributed by atoms with Crippen LogP contribution in [0.4, 0.5) is 5.82 Å². The number of nitrogens with zero attached hydrogens (tertiary/aromatic N) is 1. The average Bonchev–Trinajstić information content (AvgIpc) is 2.37. The maximum atomic E-state index is 11.0. The molecule has 0 unspecified atom stereocenters. The van der Waals surface area contributed by atoms with Crippen molar-refractivity contribution in [3.05, 3.63) is 51.5 Å². The van der Waals surface area contributed by atoms with Crippen LogP contribution in [0.5, 0.6) is 5.75 Å². The van der Waals surface area contributed by atoms with E-state index in [2.05, 4.69) is 15.3 Å². The zero-order valence-corrected chi connectivity index (χ0v) is 10.5. The predicted molar refractivity (Wildman–Crippen MR) is 70.2 cm³/mol. The monoisotopic (exact) mass is 265 g/mol. The molecule has 1 aromatic carbocycles. The molecule has 94 valence electrons. The number of benzene rings is 1. The molecule has 6 heteroatoms. The molecule has 1 aromatic heterocycles. The molecule has 0 aliphatic heterocycles. The van der Waals surface area contributed by atoms with Crippen molar-refractivity contribution in [1.82, 2.24) is 9.97 Å². The molecule has 2 N–H and O–H groups in total. The molecule has 0 spiro atoms. The van der Waals surface area contributed by atoms with E-state index in [1.807, 2.05) is 12.1 Å². The van der Waals surface area contributed by atoms with Crippen molar-refractivity contribution in [1.29, 1.82) is 0 Å². The Balaban J connectivity index is 2.06. The fourth-order valence-corrected chi connectivity index (χ4v) is 1.77. The highest BCUT2D eigenvalue weighted by Gasteiger charge is 2.02. The van der Waals surface area contributed by atoms with Crippen LogP contribution in [0.25, 0.3) is 0 Å². The van der Waals surface area contributed by atoms with Crippen molar-refractivity contribution in [2.75, 3.05) is 12.4 Å². The molecule has 0 amide bonds. The number of H-pyrrole nitrogens is 1. The summed E-state index contributed by atoms with van der Waals surface area (Å²) in [4.78, 5) is 17.1. The van der Waals surface area contributed by atoms with E-state index in [0.717, 1.165) is 5.56 Å². The van der Waals surface area contributed by atoms with Crippen LogP contribution >= 0.6 is 11.6 Å². The zero-order valence-electron chi connectivity index (χ0n) is 9.74. The number of nitrogens with one attached hydrogen (secondary N) is 2. The third-order valence-corrected chi connectivity index (χ3v) is 2.67. The Kier molecular flexibility index (Phi) is 3.84. The van der Waals surface area contributed by atoms with E-state index in [0.29, 0.717) is 23.1 Å². The SMILES string of the molecule is COc1ccc(CNc2ccnc(=O)[nH]2)cc1Cl. The Morgan fingerprint density at radius 2 is 2.28 bits per heavy atom. The van der Waals surface area contributed by atoms with Gasteiger partial charge < -0.3 is 10.1 Å².